The Labute approximate surface area is 315 Å². The molecule has 15 atom stereocenters. The van der Waals surface area contributed by atoms with Gasteiger partial charge in [-0.3, -0.25) is 4.79 Å². The molecule has 1 amide bonds. The molecule has 3 aliphatic heterocycles. The Hall–Kier alpha value is 0.990. The van der Waals surface area contributed by atoms with E-state index >= 15 is 0 Å². The first kappa shape index (κ1) is 53.8. The minimum absolute atomic E-state index is 0. The SMILES string of the molecule is C#[N+]CC(=O)NC1C(O)OC(CO)C(O)C1O.Cl.II.NC1C(O)OC(CO)C(O)C1O.NC1C(O)OC(CO)C(O)C1O.[Na+].[OH-]. The molecule has 0 saturated carbocycles. The van der Waals surface area contributed by atoms with Gasteiger partial charge in [0.2, 0.25) is 0 Å². The number of hydrogen-bond donors (Lipinski definition) is 15. The first-order valence-corrected chi connectivity index (χ1v) is 18.7. The molecule has 25 heteroatoms. The van der Waals surface area contributed by atoms with Gasteiger partial charge in [-0.1, -0.05) is 4.85 Å². The van der Waals surface area contributed by atoms with E-state index in [-0.39, 0.29) is 54.0 Å². The van der Waals surface area contributed by atoms with Crippen molar-refractivity contribution in [1.29, 1.82) is 0 Å². The van der Waals surface area contributed by atoms with Gasteiger partial charge < -0.3 is 97.7 Å². The molecule has 15 unspecified atom stereocenters. The van der Waals surface area contributed by atoms with Gasteiger partial charge in [0.1, 0.15) is 61.0 Å². The van der Waals surface area contributed by atoms with E-state index in [1.54, 1.807) is 0 Å². The van der Waals surface area contributed by atoms with Crippen LogP contribution in [0.1, 0.15) is 0 Å². The maximum atomic E-state index is 11.2. The fourth-order valence-electron chi connectivity index (χ4n) is 3.80. The second kappa shape index (κ2) is 27.7. The van der Waals surface area contributed by atoms with Crippen molar-refractivity contribution in [2.75, 3.05) is 26.4 Å². The van der Waals surface area contributed by atoms with Gasteiger partial charge in [-0.2, -0.15) is 0 Å². The summed E-state index contributed by atoms with van der Waals surface area (Å²) in [5, 5.41) is 112. The average Bonchev–Trinajstić information content (AvgIpc) is 3.00. The number of aliphatic hydroxyl groups excluding tert-OH is 12. The molecule has 3 aliphatic rings. The molecule has 0 aliphatic carbocycles. The molecule has 0 spiro atoms. The smallest absolute Gasteiger partial charge is 0.870 e. The number of amides is 1. The van der Waals surface area contributed by atoms with Gasteiger partial charge in [0.15, 0.2) is 18.9 Å². The number of carbonyl (C=O) groups excluding carboxylic acids is 1. The van der Waals surface area contributed by atoms with Crippen LogP contribution in [0.15, 0.2) is 0 Å². The van der Waals surface area contributed by atoms with Gasteiger partial charge in [-0.25, -0.2) is 0 Å². The molecule has 0 aromatic rings. The quantitative estimate of drug-likeness (QED) is 0.0899. The van der Waals surface area contributed by atoms with E-state index in [4.69, 9.17) is 57.8 Å². The summed E-state index contributed by atoms with van der Waals surface area (Å²) in [4.78, 5) is 14.2. The van der Waals surface area contributed by atoms with Crippen LogP contribution in [-0.2, 0) is 19.0 Å². The van der Waals surface area contributed by atoms with Crippen LogP contribution < -0.4 is 46.3 Å². The number of carbonyl (C=O) groups is 1. The Bertz CT molecular complexity index is 808. The molecule has 3 heterocycles. The molecule has 46 heavy (non-hydrogen) atoms. The van der Waals surface area contributed by atoms with E-state index in [1.807, 2.05) is 0 Å². The van der Waals surface area contributed by atoms with Crippen LogP contribution in [0.3, 0.4) is 0 Å². The zero-order valence-electron chi connectivity index (χ0n) is 24.3. The number of halogens is 3. The molecule has 18 N–H and O–H groups in total. The van der Waals surface area contributed by atoms with E-state index < -0.39 is 118 Å². The van der Waals surface area contributed by atoms with Crippen LogP contribution in [0.2, 0.25) is 0 Å². The van der Waals surface area contributed by atoms with Gasteiger partial charge in [0.25, 0.3) is 6.57 Å². The summed E-state index contributed by atoms with van der Waals surface area (Å²) in [6.07, 6.45) is -15.2. The van der Waals surface area contributed by atoms with Gasteiger partial charge in [0, 0.05) is 37.2 Å². The Morgan fingerprint density at radius 2 is 0.978 bits per heavy atom. The Morgan fingerprint density at radius 3 is 1.28 bits per heavy atom. The molecule has 0 aromatic carbocycles. The van der Waals surface area contributed by atoms with E-state index in [0.29, 0.717) is 0 Å². The molecule has 0 bridgehead atoms. The molecule has 270 valence electrons. The first-order valence-electron chi connectivity index (χ1n) is 12.4. The fraction of sp³-hybridized carbons (Fsp3) is 0.905. The largest absolute Gasteiger partial charge is 1.00 e. The second-order valence-corrected chi connectivity index (χ2v) is 9.28. The molecule has 3 fully saturated rings. The van der Waals surface area contributed by atoms with Gasteiger partial charge in [-0.15, -0.1) is 12.4 Å². The number of ether oxygens (including phenoxy) is 3. The Morgan fingerprint density at radius 1 is 0.674 bits per heavy atom. The van der Waals surface area contributed by atoms with E-state index in [9.17, 15) is 40.5 Å². The van der Waals surface area contributed by atoms with Crippen molar-refractivity contribution in [3.05, 3.63) is 4.85 Å². The molecular weight excluding hydrogens is 892 g/mol. The van der Waals surface area contributed by atoms with Crippen LogP contribution in [0, 0.1) is 6.57 Å². The van der Waals surface area contributed by atoms with Crippen LogP contribution in [0.25, 0.3) is 4.85 Å². The molecule has 21 nitrogen and oxygen atoms in total. The zero-order chi connectivity index (χ0) is 33.6. The normalized spacial score (nSPS) is 39.6. The van der Waals surface area contributed by atoms with Crippen molar-refractivity contribution in [3.63, 3.8) is 0 Å². The molecule has 0 aromatic heterocycles. The van der Waals surface area contributed by atoms with Crippen LogP contribution in [-0.4, -0.2) is 191 Å². The summed E-state index contributed by atoms with van der Waals surface area (Å²) in [7, 11) is 0. The first-order chi connectivity index (χ1) is 20.2. The predicted molar refractivity (Wildman–Crippen MR) is 168 cm³/mol. The standard InChI is InChI=1S/C9H14N2O6.2C6H13NO5.ClH.I2.Na.H2O/c1-10-2-5(13)11-6-8(15)7(14)4(3-12)17-9(6)16;2*7-3-5(10)4(9)2(1-8)12-6(3)11;;1-2;;/h1,4,6-9,12,14-16H,2-3H2;2*2-6,8-11H,1,7H2;1H;;;1H2/q;;;;;+1;. The number of nitrogens with one attached hydrogen (secondary N) is 1. The molecule has 3 saturated heterocycles. The van der Waals surface area contributed by atoms with Crippen LogP contribution >= 0.6 is 49.6 Å². The van der Waals surface area contributed by atoms with Crippen molar-refractivity contribution in [1.82, 2.24) is 5.32 Å². The van der Waals surface area contributed by atoms with Crippen molar-refractivity contribution in [2.24, 2.45) is 11.5 Å². The average molecular weight is 936 g/mol. The van der Waals surface area contributed by atoms with Crippen molar-refractivity contribution >= 4 is 55.5 Å². The summed E-state index contributed by atoms with van der Waals surface area (Å²) in [5.41, 5.74) is 10.5. The summed E-state index contributed by atoms with van der Waals surface area (Å²) >= 11 is 4.24. The van der Waals surface area contributed by atoms with Crippen LogP contribution in [0.4, 0.5) is 0 Å². The van der Waals surface area contributed by atoms with Crippen molar-refractivity contribution < 1.29 is 115 Å². The molecular formula is C21H43ClI2N4NaO17+. The predicted octanol–water partition coefficient (Wildman–Crippen LogP) is -10.6. The van der Waals surface area contributed by atoms with Gasteiger partial charge >= 0.3 is 42.0 Å². The number of rotatable bonds is 5. The number of aliphatic hydroxyl groups is 12. The van der Waals surface area contributed by atoms with Gasteiger partial charge in [0.05, 0.1) is 31.9 Å². The molecule has 0 radical (unpaired) electrons. The summed E-state index contributed by atoms with van der Waals surface area (Å²) < 4.78 is 14.2. The summed E-state index contributed by atoms with van der Waals surface area (Å²) in [5.74, 6) is -0.631. The third kappa shape index (κ3) is 15.9. The number of nitrogens with zero attached hydrogens (tertiary/aromatic N) is 1. The molecule has 3 rings (SSSR count). The van der Waals surface area contributed by atoms with Crippen molar-refractivity contribution in [3.8, 4) is 6.57 Å². The van der Waals surface area contributed by atoms with Gasteiger partial charge in [-0.05, 0) is 0 Å². The second-order valence-electron chi connectivity index (χ2n) is 9.28. The number of nitrogens with two attached hydrogens (primary N) is 2. The Kier molecular flexibility index (Phi) is 32.4. The zero-order valence-corrected chi connectivity index (χ0v) is 31.4. The van der Waals surface area contributed by atoms with Crippen molar-refractivity contribution in [2.45, 2.75) is 91.9 Å². The maximum Gasteiger partial charge on any atom is 1.00 e. The van der Waals surface area contributed by atoms with E-state index in [2.05, 4.69) is 47.4 Å². The minimum Gasteiger partial charge on any atom is -0.870 e. The minimum atomic E-state index is -1.53. The van der Waals surface area contributed by atoms with E-state index in [1.165, 1.54) is 0 Å². The third-order valence-corrected chi connectivity index (χ3v) is 6.36. The maximum absolute atomic E-state index is 11.2. The van der Waals surface area contributed by atoms with E-state index in [0.717, 1.165) is 0 Å². The summed E-state index contributed by atoms with van der Waals surface area (Å²) in [6.45, 7) is 2.96. The third-order valence-electron chi connectivity index (χ3n) is 6.36. The van der Waals surface area contributed by atoms with Crippen LogP contribution in [0.5, 0.6) is 0 Å². The topological polar surface area (TPSA) is 386 Å². The number of hydrogen-bond acceptors (Lipinski definition) is 19. The fourth-order valence-corrected chi connectivity index (χ4v) is 3.80. The summed E-state index contributed by atoms with van der Waals surface area (Å²) in [6, 6.07) is -3.28. The monoisotopic (exact) mass is 935 g/mol. The Balaban J connectivity index is -0.000000276.